The van der Waals surface area contributed by atoms with E-state index in [-0.39, 0.29) is 5.92 Å². The lowest BCUT2D eigenvalue weighted by atomic mass is 9.97. The fourth-order valence-corrected chi connectivity index (χ4v) is 2.79. The van der Waals surface area contributed by atoms with Crippen molar-refractivity contribution in [1.29, 1.82) is 0 Å². The summed E-state index contributed by atoms with van der Waals surface area (Å²) in [5.41, 5.74) is 3.01. The van der Waals surface area contributed by atoms with Gasteiger partial charge in [0.1, 0.15) is 0 Å². The molecule has 25 heavy (non-hydrogen) atoms. The minimum atomic E-state index is -0.120. The summed E-state index contributed by atoms with van der Waals surface area (Å²) in [6, 6.07) is 27.5. The van der Waals surface area contributed by atoms with E-state index < -0.39 is 0 Å². The Morgan fingerprint density at radius 3 is 2.04 bits per heavy atom. The van der Waals surface area contributed by atoms with Gasteiger partial charge in [-0.2, -0.15) is 0 Å². The van der Waals surface area contributed by atoms with Crippen molar-refractivity contribution in [3.05, 3.63) is 113 Å². The van der Waals surface area contributed by atoms with E-state index in [1.807, 2.05) is 91.0 Å². The quantitative estimate of drug-likeness (QED) is 0.451. The van der Waals surface area contributed by atoms with Crippen LogP contribution >= 0.6 is 23.2 Å². The molecule has 3 aromatic carbocycles. The molecule has 0 amide bonds. The summed E-state index contributed by atoms with van der Waals surface area (Å²) in [5, 5.41) is 1.39. The molecular weight excluding hydrogens is 347 g/mol. The highest BCUT2D eigenvalue weighted by Crippen LogP contribution is 2.26. The molecule has 0 N–H and O–H groups in total. The third kappa shape index (κ3) is 5.00. The molecule has 0 bridgehead atoms. The Morgan fingerprint density at radius 2 is 1.40 bits per heavy atom. The maximum Gasteiger partial charge on any atom is 0.0654 e. The van der Waals surface area contributed by atoms with Gasteiger partial charge in [-0.1, -0.05) is 95.7 Å². The van der Waals surface area contributed by atoms with Gasteiger partial charge in [0.05, 0.1) is 5.92 Å². The van der Waals surface area contributed by atoms with Crippen LogP contribution < -0.4 is 0 Å². The van der Waals surface area contributed by atoms with Crippen molar-refractivity contribution in [2.75, 3.05) is 0 Å². The molecule has 0 radical (unpaired) electrons. The minimum absolute atomic E-state index is 0.120. The van der Waals surface area contributed by atoms with E-state index in [0.717, 1.165) is 16.7 Å². The monoisotopic (exact) mass is 362 g/mol. The Bertz CT molecular complexity index is 899. The van der Waals surface area contributed by atoms with Gasteiger partial charge < -0.3 is 0 Å². The predicted molar refractivity (Wildman–Crippen MR) is 108 cm³/mol. The summed E-state index contributed by atoms with van der Waals surface area (Å²) in [4.78, 5) is 0. The second kappa shape index (κ2) is 8.58. The van der Waals surface area contributed by atoms with E-state index in [9.17, 15) is 0 Å². The Kier molecular flexibility index (Phi) is 5.96. The summed E-state index contributed by atoms with van der Waals surface area (Å²) in [7, 11) is 0. The maximum atomic E-state index is 6.53. The van der Waals surface area contributed by atoms with Crippen molar-refractivity contribution >= 4 is 28.2 Å². The second-order valence-electron chi connectivity index (χ2n) is 5.55. The number of rotatable bonds is 3. The van der Waals surface area contributed by atoms with Gasteiger partial charge in [-0.15, -0.1) is 0 Å². The van der Waals surface area contributed by atoms with Gasteiger partial charge in [0, 0.05) is 15.6 Å². The van der Waals surface area contributed by atoms with Gasteiger partial charge in [-0.25, -0.2) is 0 Å². The van der Waals surface area contributed by atoms with E-state index in [2.05, 4.69) is 11.8 Å². The molecule has 3 aromatic rings. The number of allylic oxidation sites excluding steroid dienone is 1. The normalized spacial score (nSPS) is 12.2. The van der Waals surface area contributed by atoms with Gasteiger partial charge in [-0.3, -0.25) is 0 Å². The van der Waals surface area contributed by atoms with Crippen LogP contribution in [0.1, 0.15) is 22.6 Å². The standard InChI is InChI=1S/C23H16Cl2/c24-22-15-13-19(14-16-22)21(12-11-18-7-3-1-4-8-18)17-23(25)20-9-5-2-6-10-20/h1-10,13-17,21H/b23-17-. The summed E-state index contributed by atoms with van der Waals surface area (Å²) in [5.74, 6) is 6.43. The largest absolute Gasteiger partial charge is 0.0854 e. The maximum absolute atomic E-state index is 6.53. The zero-order valence-electron chi connectivity index (χ0n) is 13.5. The van der Waals surface area contributed by atoms with Crippen LogP contribution in [0.15, 0.2) is 91.0 Å². The smallest absolute Gasteiger partial charge is 0.0654 e. The SMILES string of the molecule is Cl/C(=C\C(C#Cc1ccccc1)c1ccc(Cl)cc1)c1ccccc1. The molecule has 0 spiro atoms. The number of hydrogen-bond donors (Lipinski definition) is 0. The van der Waals surface area contributed by atoms with Crippen molar-refractivity contribution in [2.24, 2.45) is 0 Å². The lowest BCUT2D eigenvalue weighted by molar-refractivity contribution is 1.13. The fourth-order valence-electron chi connectivity index (χ4n) is 2.41. The summed E-state index contributed by atoms with van der Waals surface area (Å²) in [6.45, 7) is 0. The third-order valence-corrected chi connectivity index (χ3v) is 4.33. The molecule has 0 fully saturated rings. The molecule has 0 aliphatic rings. The van der Waals surface area contributed by atoms with Gasteiger partial charge in [0.25, 0.3) is 0 Å². The topological polar surface area (TPSA) is 0 Å². The molecule has 0 saturated heterocycles. The highest BCUT2D eigenvalue weighted by Gasteiger charge is 2.08. The first-order valence-electron chi connectivity index (χ1n) is 7.97. The summed E-state index contributed by atoms with van der Waals surface area (Å²) >= 11 is 12.5. The van der Waals surface area contributed by atoms with Gasteiger partial charge in [-0.05, 0) is 41.5 Å². The zero-order valence-corrected chi connectivity index (χ0v) is 15.0. The first-order valence-corrected chi connectivity index (χ1v) is 8.73. The molecule has 1 atom stereocenters. The molecule has 0 nitrogen and oxygen atoms in total. The number of halogens is 2. The summed E-state index contributed by atoms with van der Waals surface area (Å²) < 4.78 is 0. The van der Waals surface area contributed by atoms with Crippen molar-refractivity contribution in [1.82, 2.24) is 0 Å². The minimum Gasteiger partial charge on any atom is -0.0854 e. The van der Waals surface area contributed by atoms with Crippen LogP contribution in [0.4, 0.5) is 0 Å². The van der Waals surface area contributed by atoms with E-state index in [4.69, 9.17) is 23.2 Å². The van der Waals surface area contributed by atoms with Crippen molar-refractivity contribution in [3.63, 3.8) is 0 Å². The molecule has 0 saturated carbocycles. The van der Waals surface area contributed by atoms with Crippen LogP contribution in [-0.4, -0.2) is 0 Å². The van der Waals surface area contributed by atoms with Crippen molar-refractivity contribution in [3.8, 4) is 11.8 Å². The van der Waals surface area contributed by atoms with Crippen LogP contribution in [0, 0.1) is 11.8 Å². The molecule has 0 aliphatic carbocycles. The first-order chi connectivity index (χ1) is 12.2. The molecule has 0 heterocycles. The molecule has 122 valence electrons. The van der Waals surface area contributed by atoms with Gasteiger partial charge in [0.2, 0.25) is 0 Å². The lowest BCUT2D eigenvalue weighted by Crippen LogP contribution is -1.93. The van der Waals surface area contributed by atoms with Crippen molar-refractivity contribution < 1.29 is 0 Å². The molecule has 0 aliphatic heterocycles. The van der Waals surface area contributed by atoms with Gasteiger partial charge in [0.15, 0.2) is 0 Å². The first kappa shape index (κ1) is 17.4. The second-order valence-corrected chi connectivity index (χ2v) is 6.39. The Morgan fingerprint density at radius 1 is 0.800 bits per heavy atom. The van der Waals surface area contributed by atoms with Crippen LogP contribution in [-0.2, 0) is 0 Å². The average Bonchev–Trinajstić information content (AvgIpc) is 2.67. The molecule has 0 aromatic heterocycles. The lowest BCUT2D eigenvalue weighted by Gasteiger charge is -2.08. The Balaban J connectivity index is 1.97. The van der Waals surface area contributed by atoms with E-state index in [1.165, 1.54) is 0 Å². The molecule has 2 heteroatoms. The van der Waals surface area contributed by atoms with E-state index in [0.29, 0.717) is 10.1 Å². The van der Waals surface area contributed by atoms with Crippen LogP contribution in [0.5, 0.6) is 0 Å². The Labute approximate surface area is 158 Å². The van der Waals surface area contributed by atoms with Crippen LogP contribution in [0.3, 0.4) is 0 Å². The van der Waals surface area contributed by atoms with Crippen LogP contribution in [0.25, 0.3) is 5.03 Å². The number of hydrogen-bond acceptors (Lipinski definition) is 0. The molecule has 3 rings (SSSR count). The predicted octanol–water partition coefficient (Wildman–Crippen LogP) is 6.76. The third-order valence-electron chi connectivity index (χ3n) is 3.74. The molecular formula is C23H16Cl2. The average molecular weight is 363 g/mol. The van der Waals surface area contributed by atoms with Gasteiger partial charge >= 0.3 is 0 Å². The molecule has 1 unspecified atom stereocenters. The fraction of sp³-hybridized carbons (Fsp3) is 0.0435. The van der Waals surface area contributed by atoms with E-state index in [1.54, 1.807) is 0 Å². The van der Waals surface area contributed by atoms with Crippen LogP contribution in [0.2, 0.25) is 5.02 Å². The highest BCUT2D eigenvalue weighted by molar-refractivity contribution is 6.48. The zero-order chi connectivity index (χ0) is 17.5. The van der Waals surface area contributed by atoms with E-state index >= 15 is 0 Å². The highest BCUT2D eigenvalue weighted by atomic mass is 35.5. The van der Waals surface area contributed by atoms with Crippen molar-refractivity contribution in [2.45, 2.75) is 5.92 Å². The summed E-state index contributed by atoms with van der Waals surface area (Å²) in [6.07, 6.45) is 1.98. The Hall–Kier alpha value is -2.46. The number of benzene rings is 3.